The molecule has 0 radical (unpaired) electrons. The SMILES string of the molecule is O=C(COc1ccc(F)cc1C(=O)O)NC(=O)NC1CC1. The number of ether oxygens (including phenoxy) is 1. The maximum Gasteiger partial charge on any atom is 0.339 e. The van der Waals surface area contributed by atoms with E-state index in [0.29, 0.717) is 0 Å². The first-order valence-corrected chi connectivity index (χ1v) is 6.21. The number of carbonyl (C=O) groups excluding carboxylic acids is 2. The van der Waals surface area contributed by atoms with Gasteiger partial charge in [0, 0.05) is 6.04 Å². The monoisotopic (exact) mass is 296 g/mol. The fourth-order valence-electron chi connectivity index (χ4n) is 1.55. The van der Waals surface area contributed by atoms with Gasteiger partial charge in [-0.05, 0) is 31.0 Å². The summed E-state index contributed by atoms with van der Waals surface area (Å²) in [5.74, 6) is -2.99. The van der Waals surface area contributed by atoms with Gasteiger partial charge in [-0.15, -0.1) is 0 Å². The van der Waals surface area contributed by atoms with Crippen molar-refractivity contribution in [3.05, 3.63) is 29.6 Å². The molecule has 112 valence electrons. The molecular weight excluding hydrogens is 283 g/mol. The van der Waals surface area contributed by atoms with Gasteiger partial charge in [0.2, 0.25) is 0 Å². The van der Waals surface area contributed by atoms with Crippen LogP contribution >= 0.6 is 0 Å². The van der Waals surface area contributed by atoms with Crippen molar-refractivity contribution in [2.75, 3.05) is 6.61 Å². The van der Waals surface area contributed by atoms with Gasteiger partial charge >= 0.3 is 12.0 Å². The fourth-order valence-corrected chi connectivity index (χ4v) is 1.55. The average Bonchev–Trinajstić information content (AvgIpc) is 3.20. The van der Waals surface area contributed by atoms with Crippen molar-refractivity contribution < 1.29 is 28.6 Å². The third kappa shape index (κ3) is 4.44. The standard InChI is InChI=1S/C13H13FN2O5/c14-7-1-4-10(9(5-7)12(18)19)21-6-11(17)16-13(20)15-8-2-3-8/h1,4-5,8H,2-3,6H2,(H,18,19)(H2,15,16,17,20). The Kier molecular flexibility index (Phi) is 4.36. The highest BCUT2D eigenvalue weighted by Gasteiger charge is 2.24. The lowest BCUT2D eigenvalue weighted by molar-refractivity contribution is -0.122. The third-order valence-corrected chi connectivity index (χ3v) is 2.70. The normalized spacial score (nSPS) is 13.4. The Morgan fingerprint density at radius 1 is 1.33 bits per heavy atom. The van der Waals surface area contributed by atoms with Gasteiger partial charge in [-0.25, -0.2) is 14.0 Å². The second-order valence-corrected chi connectivity index (χ2v) is 4.53. The quantitative estimate of drug-likeness (QED) is 0.748. The van der Waals surface area contributed by atoms with Gasteiger partial charge in [0.1, 0.15) is 17.1 Å². The van der Waals surface area contributed by atoms with Crippen LogP contribution in [0.4, 0.5) is 9.18 Å². The summed E-state index contributed by atoms with van der Waals surface area (Å²) in [5, 5.41) is 13.5. The van der Waals surface area contributed by atoms with Crippen molar-refractivity contribution in [3.63, 3.8) is 0 Å². The molecule has 1 saturated carbocycles. The minimum Gasteiger partial charge on any atom is -0.483 e. The molecule has 0 saturated heterocycles. The zero-order valence-corrected chi connectivity index (χ0v) is 10.9. The lowest BCUT2D eigenvalue weighted by Crippen LogP contribution is -2.42. The second kappa shape index (κ2) is 6.21. The van der Waals surface area contributed by atoms with Crippen molar-refractivity contribution in [3.8, 4) is 5.75 Å². The number of urea groups is 1. The third-order valence-electron chi connectivity index (χ3n) is 2.70. The lowest BCUT2D eigenvalue weighted by atomic mass is 10.2. The minimum absolute atomic E-state index is 0.106. The molecule has 21 heavy (non-hydrogen) atoms. The van der Waals surface area contributed by atoms with Crippen LogP contribution < -0.4 is 15.4 Å². The Balaban J connectivity index is 1.88. The van der Waals surface area contributed by atoms with Crippen molar-refractivity contribution in [1.82, 2.24) is 10.6 Å². The minimum atomic E-state index is -1.38. The molecule has 3 N–H and O–H groups in total. The summed E-state index contributed by atoms with van der Waals surface area (Å²) in [5.41, 5.74) is -0.398. The largest absolute Gasteiger partial charge is 0.483 e. The lowest BCUT2D eigenvalue weighted by Gasteiger charge is -2.09. The zero-order chi connectivity index (χ0) is 15.4. The Morgan fingerprint density at radius 3 is 2.67 bits per heavy atom. The van der Waals surface area contributed by atoms with Crippen LogP contribution in [0.3, 0.4) is 0 Å². The van der Waals surface area contributed by atoms with Crippen LogP contribution in [0, 0.1) is 5.82 Å². The summed E-state index contributed by atoms with van der Waals surface area (Å²) in [6.07, 6.45) is 1.77. The number of benzene rings is 1. The first-order valence-electron chi connectivity index (χ1n) is 6.21. The van der Waals surface area contributed by atoms with Crippen LogP contribution in [0.15, 0.2) is 18.2 Å². The topological polar surface area (TPSA) is 105 Å². The number of halogens is 1. The molecular formula is C13H13FN2O5. The Hall–Kier alpha value is -2.64. The van der Waals surface area contributed by atoms with E-state index in [9.17, 15) is 18.8 Å². The van der Waals surface area contributed by atoms with E-state index in [-0.39, 0.29) is 11.8 Å². The maximum atomic E-state index is 13.0. The molecule has 8 heteroatoms. The highest BCUT2D eigenvalue weighted by atomic mass is 19.1. The van der Waals surface area contributed by atoms with E-state index in [1.165, 1.54) is 0 Å². The smallest absolute Gasteiger partial charge is 0.339 e. The predicted octanol–water partition coefficient (Wildman–Crippen LogP) is 0.891. The summed E-state index contributed by atoms with van der Waals surface area (Å²) >= 11 is 0. The average molecular weight is 296 g/mol. The Morgan fingerprint density at radius 2 is 2.05 bits per heavy atom. The summed E-state index contributed by atoms with van der Waals surface area (Å²) in [6.45, 7) is -0.552. The summed E-state index contributed by atoms with van der Waals surface area (Å²) in [4.78, 5) is 33.7. The highest BCUT2D eigenvalue weighted by molar-refractivity contribution is 5.95. The molecule has 1 aliphatic rings. The van der Waals surface area contributed by atoms with Crippen molar-refractivity contribution in [2.45, 2.75) is 18.9 Å². The highest BCUT2D eigenvalue weighted by Crippen LogP contribution is 2.20. The molecule has 1 fully saturated rings. The second-order valence-electron chi connectivity index (χ2n) is 4.53. The first kappa shape index (κ1) is 14.8. The molecule has 0 atom stereocenters. The van der Waals surface area contributed by atoms with E-state index < -0.39 is 35.9 Å². The van der Waals surface area contributed by atoms with Crippen molar-refractivity contribution in [1.29, 1.82) is 0 Å². The van der Waals surface area contributed by atoms with E-state index in [1.54, 1.807) is 0 Å². The molecule has 0 aliphatic heterocycles. The molecule has 1 aliphatic carbocycles. The molecule has 3 amide bonds. The number of carboxylic acids is 1. The number of amides is 3. The van der Waals surface area contributed by atoms with Crippen LogP contribution in [0.1, 0.15) is 23.2 Å². The molecule has 0 aromatic heterocycles. The number of hydrogen-bond acceptors (Lipinski definition) is 4. The van der Waals surface area contributed by atoms with E-state index in [4.69, 9.17) is 9.84 Å². The van der Waals surface area contributed by atoms with Crippen LogP contribution in [-0.4, -0.2) is 35.7 Å². The fraction of sp³-hybridized carbons (Fsp3) is 0.308. The summed E-state index contributed by atoms with van der Waals surface area (Å²) in [7, 11) is 0. The molecule has 0 spiro atoms. The van der Waals surface area contributed by atoms with Gasteiger partial charge in [-0.2, -0.15) is 0 Å². The van der Waals surface area contributed by atoms with Crippen LogP contribution in [0.5, 0.6) is 5.75 Å². The van der Waals surface area contributed by atoms with Crippen LogP contribution in [-0.2, 0) is 4.79 Å². The van der Waals surface area contributed by atoms with E-state index in [2.05, 4.69) is 5.32 Å². The molecule has 0 heterocycles. The molecule has 0 unspecified atom stereocenters. The summed E-state index contributed by atoms with van der Waals surface area (Å²) in [6, 6.07) is 2.39. The van der Waals surface area contributed by atoms with Crippen molar-refractivity contribution >= 4 is 17.9 Å². The van der Waals surface area contributed by atoms with Gasteiger partial charge in [0.25, 0.3) is 5.91 Å². The molecule has 7 nitrogen and oxygen atoms in total. The molecule has 1 aromatic rings. The van der Waals surface area contributed by atoms with Gasteiger partial charge in [-0.3, -0.25) is 10.1 Å². The number of aromatic carboxylic acids is 1. The Bertz CT molecular complexity index is 586. The number of carboxylic acid groups (broad SMARTS) is 1. The maximum absolute atomic E-state index is 13.0. The number of hydrogen-bond donors (Lipinski definition) is 3. The van der Waals surface area contributed by atoms with Crippen LogP contribution in [0.2, 0.25) is 0 Å². The molecule has 1 aromatic carbocycles. The first-order chi connectivity index (χ1) is 9.95. The number of carbonyl (C=O) groups is 3. The number of nitrogens with one attached hydrogen (secondary N) is 2. The zero-order valence-electron chi connectivity index (χ0n) is 10.9. The van der Waals surface area contributed by atoms with Crippen LogP contribution in [0.25, 0.3) is 0 Å². The van der Waals surface area contributed by atoms with Gasteiger partial charge in [0.15, 0.2) is 6.61 Å². The van der Waals surface area contributed by atoms with Gasteiger partial charge in [-0.1, -0.05) is 0 Å². The van der Waals surface area contributed by atoms with E-state index in [0.717, 1.165) is 31.0 Å². The number of imide groups is 1. The van der Waals surface area contributed by atoms with Crippen molar-refractivity contribution in [2.24, 2.45) is 0 Å². The van der Waals surface area contributed by atoms with E-state index in [1.807, 2.05) is 5.32 Å². The Labute approximate surface area is 119 Å². The number of rotatable bonds is 5. The molecule has 2 rings (SSSR count). The molecule has 0 bridgehead atoms. The van der Waals surface area contributed by atoms with Gasteiger partial charge in [0.05, 0.1) is 0 Å². The summed E-state index contributed by atoms with van der Waals surface area (Å²) < 4.78 is 18.0. The van der Waals surface area contributed by atoms with Gasteiger partial charge < -0.3 is 15.2 Å². The van der Waals surface area contributed by atoms with E-state index >= 15 is 0 Å². The predicted molar refractivity (Wildman–Crippen MR) is 68.6 cm³/mol.